The largest absolute Gasteiger partial charge is 0.359 e. The topological polar surface area (TPSA) is 62.1 Å². The third-order valence-electron chi connectivity index (χ3n) is 3.02. The molecule has 0 radical (unpaired) electrons. The summed E-state index contributed by atoms with van der Waals surface area (Å²) in [6.45, 7) is 2.13. The molecule has 1 aromatic heterocycles. The van der Waals surface area contributed by atoms with Crippen LogP contribution in [-0.2, 0) is 0 Å². The van der Waals surface area contributed by atoms with Gasteiger partial charge in [-0.2, -0.15) is 0 Å². The molecule has 1 unspecified atom stereocenters. The zero-order valence-corrected chi connectivity index (χ0v) is 10.0. The van der Waals surface area contributed by atoms with E-state index in [1.165, 1.54) is 0 Å². The Balaban J connectivity index is 0.00000128. The van der Waals surface area contributed by atoms with Gasteiger partial charge in [0, 0.05) is 18.8 Å². The first-order valence-electron chi connectivity index (χ1n) is 5.42. The molecule has 0 aliphatic carbocycles. The minimum Gasteiger partial charge on any atom is -0.359 e. The van der Waals surface area contributed by atoms with Gasteiger partial charge in [0.05, 0.1) is 12.2 Å². The number of nitrogens with one attached hydrogen (secondary N) is 1. The molecule has 2 rings (SSSR count). The summed E-state index contributed by atoms with van der Waals surface area (Å²) >= 11 is 0. The first-order valence-corrected chi connectivity index (χ1v) is 5.42. The number of hydrogen-bond acceptors (Lipinski definition) is 3. The van der Waals surface area contributed by atoms with Crippen molar-refractivity contribution in [3.05, 3.63) is 24.0 Å². The number of hydrogen-bond donors (Lipinski definition) is 2. The molecule has 0 bridgehead atoms. The number of halogens is 1. The molecule has 0 aromatic carbocycles. The second kappa shape index (κ2) is 6.03. The molecule has 5 heteroatoms. The number of nitrogens with zero attached hydrogens (tertiary/aromatic N) is 1. The molecule has 90 valence electrons. The molecule has 16 heavy (non-hydrogen) atoms. The van der Waals surface area contributed by atoms with E-state index < -0.39 is 0 Å². The molecule has 1 saturated heterocycles. The summed E-state index contributed by atoms with van der Waals surface area (Å²) in [5.74, 6) is 0.153. The van der Waals surface area contributed by atoms with Crippen molar-refractivity contribution in [2.24, 2.45) is 5.73 Å². The quantitative estimate of drug-likeness (QED) is 0.777. The van der Waals surface area contributed by atoms with Gasteiger partial charge in [-0.1, -0.05) is 0 Å². The van der Waals surface area contributed by atoms with Gasteiger partial charge in [-0.3, -0.25) is 9.69 Å². The highest BCUT2D eigenvalue weighted by Gasteiger charge is 2.25. The number of aromatic amines is 1. The summed E-state index contributed by atoms with van der Waals surface area (Å²) in [5, 5.41) is 0. The van der Waals surface area contributed by atoms with Crippen LogP contribution in [0.1, 0.15) is 23.3 Å². The van der Waals surface area contributed by atoms with Crippen molar-refractivity contribution >= 4 is 18.2 Å². The fraction of sp³-hybridized carbons (Fsp3) is 0.545. The van der Waals surface area contributed by atoms with Crippen molar-refractivity contribution in [3.8, 4) is 0 Å². The van der Waals surface area contributed by atoms with Crippen LogP contribution in [0, 0.1) is 0 Å². The monoisotopic (exact) mass is 243 g/mol. The van der Waals surface area contributed by atoms with Crippen molar-refractivity contribution in [1.29, 1.82) is 0 Å². The van der Waals surface area contributed by atoms with Crippen molar-refractivity contribution < 1.29 is 4.79 Å². The van der Waals surface area contributed by atoms with Crippen LogP contribution in [0.3, 0.4) is 0 Å². The number of carbonyl (C=O) groups excluding carboxylic acids is 1. The first kappa shape index (κ1) is 13.2. The molecule has 1 aliphatic rings. The van der Waals surface area contributed by atoms with E-state index in [1.54, 1.807) is 6.20 Å². The number of likely N-dealkylation sites (tertiary alicyclic amines) is 1. The van der Waals surface area contributed by atoms with Gasteiger partial charge < -0.3 is 10.7 Å². The Bertz CT molecular complexity index is 326. The average Bonchev–Trinajstić information content (AvgIpc) is 2.87. The zero-order valence-electron chi connectivity index (χ0n) is 9.19. The number of H-pyrrole nitrogens is 1. The number of rotatable bonds is 4. The molecule has 1 aromatic rings. The molecule has 0 spiro atoms. The predicted molar refractivity (Wildman–Crippen MR) is 66.0 cm³/mol. The van der Waals surface area contributed by atoms with E-state index in [1.807, 2.05) is 12.1 Å². The smallest absolute Gasteiger partial charge is 0.192 e. The second-order valence-corrected chi connectivity index (χ2v) is 4.01. The van der Waals surface area contributed by atoms with Crippen molar-refractivity contribution in [3.63, 3.8) is 0 Å². The van der Waals surface area contributed by atoms with E-state index in [9.17, 15) is 4.79 Å². The first-order chi connectivity index (χ1) is 7.31. The minimum absolute atomic E-state index is 0. The predicted octanol–water partition coefficient (Wildman–Crippen LogP) is 1.04. The standard InChI is InChI=1S/C11H17N3O.ClH/c12-7-9-3-2-6-14(9)8-11(15)10-4-1-5-13-10;/h1,4-5,9,13H,2-3,6-8,12H2;1H. The molecule has 0 amide bonds. The van der Waals surface area contributed by atoms with Crippen LogP contribution in [0.15, 0.2) is 18.3 Å². The van der Waals surface area contributed by atoms with E-state index in [0.717, 1.165) is 19.4 Å². The Morgan fingerprint density at radius 2 is 2.44 bits per heavy atom. The maximum atomic E-state index is 11.8. The number of Topliss-reactive ketones (excluding diaryl/α,β-unsaturated/α-hetero) is 1. The maximum Gasteiger partial charge on any atom is 0.192 e. The van der Waals surface area contributed by atoms with Crippen LogP contribution in [0.25, 0.3) is 0 Å². The minimum atomic E-state index is 0. The molecular formula is C11H18ClN3O. The highest BCUT2D eigenvalue weighted by atomic mass is 35.5. The normalized spacial score (nSPS) is 20.7. The Morgan fingerprint density at radius 3 is 3.06 bits per heavy atom. The lowest BCUT2D eigenvalue weighted by Crippen LogP contribution is -2.38. The lowest BCUT2D eigenvalue weighted by Gasteiger charge is -2.21. The van der Waals surface area contributed by atoms with Gasteiger partial charge in [-0.15, -0.1) is 12.4 Å². The highest BCUT2D eigenvalue weighted by molar-refractivity contribution is 5.95. The maximum absolute atomic E-state index is 11.8. The van der Waals surface area contributed by atoms with Gasteiger partial charge in [0.1, 0.15) is 0 Å². The van der Waals surface area contributed by atoms with Crippen LogP contribution in [0.4, 0.5) is 0 Å². The molecule has 3 N–H and O–H groups in total. The summed E-state index contributed by atoms with van der Waals surface area (Å²) in [5.41, 5.74) is 6.35. The van der Waals surface area contributed by atoms with Gasteiger partial charge in [-0.05, 0) is 31.5 Å². The van der Waals surface area contributed by atoms with Gasteiger partial charge in [0.25, 0.3) is 0 Å². The average molecular weight is 244 g/mol. The number of ketones is 1. The summed E-state index contributed by atoms with van der Waals surface area (Å²) in [6, 6.07) is 4.05. The third kappa shape index (κ3) is 2.84. The Labute approximate surface area is 102 Å². The number of nitrogens with two attached hydrogens (primary N) is 1. The molecule has 0 saturated carbocycles. The molecule has 1 fully saturated rings. The number of carbonyl (C=O) groups is 1. The van der Waals surface area contributed by atoms with E-state index in [2.05, 4.69) is 9.88 Å². The van der Waals surface area contributed by atoms with Gasteiger partial charge >= 0.3 is 0 Å². The van der Waals surface area contributed by atoms with E-state index in [4.69, 9.17) is 5.73 Å². The Hall–Kier alpha value is -0.840. The van der Waals surface area contributed by atoms with Crippen molar-refractivity contribution in [1.82, 2.24) is 9.88 Å². The van der Waals surface area contributed by atoms with Crippen LogP contribution in [-0.4, -0.2) is 41.3 Å². The second-order valence-electron chi connectivity index (χ2n) is 4.01. The van der Waals surface area contributed by atoms with Crippen molar-refractivity contribution in [2.45, 2.75) is 18.9 Å². The van der Waals surface area contributed by atoms with Crippen LogP contribution < -0.4 is 5.73 Å². The Kier molecular flexibility index (Phi) is 4.99. The van der Waals surface area contributed by atoms with Gasteiger partial charge in [0.2, 0.25) is 0 Å². The highest BCUT2D eigenvalue weighted by Crippen LogP contribution is 2.16. The summed E-state index contributed by atoms with van der Waals surface area (Å²) in [6.07, 6.45) is 4.05. The van der Waals surface area contributed by atoms with Crippen LogP contribution in [0.5, 0.6) is 0 Å². The molecular weight excluding hydrogens is 226 g/mol. The lowest BCUT2D eigenvalue weighted by atomic mass is 10.2. The summed E-state index contributed by atoms with van der Waals surface area (Å²) < 4.78 is 0. The zero-order chi connectivity index (χ0) is 10.7. The lowest BCUT2D eigenvalue weighted by molar-refractivity contribution is 0.0919. The van der Waals surface area contributed by atoms with E-state index in [0.29, 0.717) is 24.8 Å². The van der Waals surface area contributed by atoms with Gasteiger partial charge in [-0.25, -0.2) is 0 Å². The van der Waals surface area contributed by atoms with Gasteiger partial charge in [0.15, 0.2) is 5.78 Å². The molecule has 1 aliphatic heterocycles. The van der Waals surface area contributed by atoms with Crippen LogP contribution in [0.2, 0.25) is 0 Å². The third-order valence-corrected chi connectivity index (χ3v) is 3.02. The fourth-order valence-corrected chi connectivity index (χ4v) is 2.14. The van der Waals surface area contributed by atoms with Crippen molar-refractivity contribution in [2.75, 3.05) is 19.6 Å². The van der Waals surface area contributed by atoms with E-state index >= 15 is 0 Å². The van der Waals surface area contributed by atoms with E-state index in [-0.39, 0.29) is 18.2 Å². The van der Waals surface area contributed by atoms with Crippen LogP contribution >= 0.6 is 12.4 Å². The molecule has 4 nitrogen and oxygen atoms in total. The molecule has 2 heterocycles. The molecule has 1 atom stereocenters. The Morgan fingerprint density at radius 1 is 1.62 bits per heavy atom. The SMILES string of the molecule is Cl.NCC1CCCN1CC(=O)c1ccc[nH]1. The summed E-state index contributed by atoms with van der Waals surface area (Å²) in [4.78, 5) is 16.9. The fourth-order valence-electron chi connectivity index (χ4n) is 2.14. The summed E-state index contributed by atoms with van der Waals surface area (Å²) in [7, 11) is 0. The number of aromatic nitrogens is 1.